The molecule has 0 fully saturated rings. The van der Waals surface area contributed by atoms with E-state index < -0.39 is 17.3 Å². The smallest absolute Gasteiger partial charge is 0.303 e. The minimum absolute atomic E-state index is 0.271. The summed E-state index contributed by atoms with van der Waals surface area (Å²) in [5.41, 5.74) is 2.76. The van der Waals surface area contributed by atoms with E-state index in [9.17, 15) is 9.59 Å². The lowest BCUT2D eigenvalue weighted by atomic mass is 10.1. The van der Waals surface area contributed by atoms with Gasteiger partial charge >= 0.3 is 5.97 Å². The van der Waals surface area contributed by atoms with Crippen molar-refractivity contribution in [3.05, 3.63) is 88.9 Å². The molecular weight excluding hydrogens is 496 g/mol. The fraction of sp³-hybridized carbons (Fsp3) is 0.286. The average Bonchev–Trinajstić information content (AvgIpc) is 2.98. The highest BCUT2D eigenvalue weighted by Crippen LogP contribution is 2.49. The van der Waals surface area contributed by atoms with Crippen LogP contribution in [0, 0.1) is 0 Å². The SMILES string of the molecule is COc1ccc([C@H]2Sc3c(Cl)cccc3N(CCN(C)Cc3ccccc3)C(=O)[C@H]2OC(C)=O)cc1. The first kappa shape index (κ1) is 26.1. The molecule has 0 aromatic heterocycles. The molecule has 1 heterocycles. The van der Waals surface area contributed by atoms with Crippen LogP contribution in [0.5, 0.6) is 5.75 Å². The van der Waals surface area contributed by atoms with E-state index in [4.69, 9.17) is 21.1 Å². The summed E-state index contributed by atoms with van der Waals surface area (Å²) < 4.78 is 11.0. The van der Waals surface area contributed by atoms with Gasteiger partial charge in [-0.1, -0.05) is 60.1 Å². The van der Waals surface area contributed by atoms with Gasteiger partial charge in [0.05, 0.1) is 28.0 Å². The lowest BCUT2D eigenvalue weighted by molar-refractivity contribution is -0.152. The molecule has 2 atom stereocenters. The first-order chi connectivity index (χ1) is 17.4. The molecular formula is C28H29ClN2O4S. The summed E-state index contributed by atoms with van der Waals surface area (Å²) in [6.45, 7) is 3.12. The van der Waals surface area contributed by atoms with Crippen molar-refractivity contribution >= 4 is 40.9 Å². The minimum atomic E-state index is -1.01. The molecule has 0 radical (unpaired) electrons. The zero-order valence-electron chi connectivity index (χ0n) is 20.5. The Balaban J connectivity index is 1.67. The Labute approximate surface area is 221 Å². The third-order valence-corrected chi connectivity index (χ3v) is 7.87. The Hall–Kier alpha value is -3.00. The molecule has 0 bridgehead atoms. The van der Waals surface area contributed by atoms with E-state index in [1.54, 1.807) is 12.0 Å². The van der Waals surface area contributed by atoms with Gasteiger partial charge in [0, 0.05) is 26.6 Å². The maximum atomic E-state index is 14.0. The minimum Gasteiger partial charge on any atom is -0.497 e. The number of esters is 1. The number of amides is 1. The lowest BCUT2D eigenvalue weighted by Crippen LogP contribution is -2.45. The highest BCUT2D eigenvalue weighted by molar-refractivity contribution is 8.00. The van der Waals surface area contributed by atoms with Crippen LogP contribution in [0.2, 0.25) is 5.02 Å². The first-order valence-corrected chi connectivity index (χ1v) is 12.9. The molecule has 3 aromatic rings. The van der Waals surface area contributed by atoms with Crippen molar-refractivity contribution in [2.75, 3.05) is 32.1 Å². The van der Waals surface area contributed by atoms with Gasteiger partial charge in [-0.05, 0) is 42.4 Å². The van der Waals surface area contributed by atoms with Gasteiger partial charge in [0.1, 0.15) is 5.75 Å². The number of likely N-dealkylation sites (N-methyl/N-ethyl adjacent to an activating group) is 1. The number of hydrogen-bond donors (Lipinski definition) is 0. The highest BCUT2D eigenvalue weighted by Gasteiger charge is 2.41. The summed E-state index contributed by atoms with van der Waals surface area (Å²) in [7, 11) is 3.62. The number of hydrogen-bond acceptors (Lipinski definition) is 6. The van der Waals surface area contributed by atoms with Gasteiger partial charge in [-0.3, -0.25) is 9.59 Å². The van der Waals surface area contributed by atoms with Gasteiger partial charge in [0.15, 0.2) is 6.10 Å². The van der Waals surface area contributed by atoms with Gasteiger partial charge in [-0.25, -0.2) is 0 Å². The second-order valence-electron chi connectivity index (χ2n) is 8.64. The van der Waals surface area contributed by atoms with E-state index in [1.165, 1.54) is 24.2 Å². The van der Waals surface area contributed by atoms with Crippen LogP contribution in [0.15, 0.2) is 77.7 Å². The Bertz CT molecular complexity index is 1210. The van der Waals surface area contributed by atoms with Crippen molar-refractivity contribution in [2.45, 2.75) is 29.7 Å². The molecule has 1 aliphatic heterocycles. The van der Waals surface area contributed by atoms with E-state index in [0.29, 0.717) is 23.9 Å². The molecule has 8 heteroatoms. The van der Waals surface area contributed by atoms with Crippen molar-refractivity contribution < 1.29 is 19.1 Å². The van der Waals surface area contributed by atoms with Crippen molar-refractivity contribution in [3.8, 4) is 5.75 Å². The molecule has 1 amide bonds. The molecule has 0 spiro atoms. The van der Waals surface area contributed by atoms with Crippen LogP contribution in [0.4, 0.5) is 5.69 Å². The third kappa shape index (κ3) is 6.03. The topological polar surface area (TPSA) is 59.1 Å². The predicted molar refractivity (Wildman–Crippen MR) is 144 cm³/mol. The van der Waals surface area contributed by atoms with E-state index in [2.05, 4.69) is 17.0 Å². The van der Waals surface area contributed by atoms with E-state index in [0.717, 1.165) is 22.7 Å². The maximum absolute atomic E-state index is 14.0. The number of fused-ring (bicyclic) bond motifs is 1. The molecule has 0 N–H and O–H groups in total. The molecule has 188 valence electrons. The molecule has 4 rings (SSSR count). The van der Waals surface area contributed by atoms with Crippen LogP contribution >= 0.6 is 23.4 Å². The fourth-order valence-corrected chi connectivity index (χ4v) is 5.85. The number of nitrogens with zero attached hydrogens (tertiary/aromatic N) is 2. The number of ether oxygens (including phenoxy) is 2. The van der Waals surface area contributed by atoms with Gasteiger partial charge in [0.25, 0.3) is 5.91 Å². The first-order valence-electron chi connectivity index (χ1n) is 11.7. The van der Waals surface area contributed by atoms with Gasteiger partial charge in [-0.15, -0.1) is 11.8 Å². The van der Waals surface area contributed by atoms with Crippen LogP contribution < -0.4 is 9.64 Å². The van der Waals surface area contributed by atoms with Gasteiger partial charge in [0.2, 0.25) is 0 Å². The quantitative estimate of drug-likeness (QED) is 0.358. The van der Waals surface area contributed by atoms with Crippen LogP contribution in [0.1, 0.15) is 23.3 Å². The standard InChI is InChI=1S/C28H29ClN2O4S/c1-19(32)35-25-26(21-12-14-22(34-3)15-13-21)36-27-23(29)10-7-11-24(27)31(28(25)33)17-16-30(2)18-20-8-5-4-6-9-20/h4-15,25-26H,16-18H2,1-3H3/t25-,26+/m0/s1. The maximum Gasteiger partial charge on any atom is 0.303 e. The van der Waals surface area contributed by atoms with Crippen molar-refractivity contribution in [2.24, 2.45) is 0 Å². The zero-order chi connectivity index (χ0) is 25.7. The lowest BCUT2D eigenvalue weighted by Gasteiger charge is -2.29. The number of thioether (sulfide) groups is 1. The Morgan fingerprint density at radius 3 is 2.44 bits per heavy atom. The average molecular weight is 525 g/mol. The number of halogens is 1. The second-order valence-corrected chi connectivity index (χ2v) is 10.2. The fourth-order valence-electron chi connectivity index (χ4n) is 4.22. The molecule has 0 saturated carbocycles. The van der Waals surface area contributed by atoms with Gasteiger partial charge in [-0.2, -0.15) is 0 Å². The third-order valence-electron chi connectivity index (χ3n) is 6.00. The Morgan fingerprint density at radius 1 is 1.06 bits per heavy atom. The van der Waals surface area contributed by atoms with E-state index in [-0.39, 0.29) is 5.91 Å². The number of methoxy groups -OCH3 is 1. The zero-order valence-corrected chi connectivity index (χ0v) is 22.1. The molecule has 1 aliphatic rings. The van der Waals surface area contributed by atoms with Crippen LogP contribution in [-0.2, 0) is 20.9 Å². The van der Waals surface area contributed by atoms with E-state index >= 15 is 0 Å². The monoisotopic (exact) mass is 524 g/mol. The summed E-state index contributed by atoms with van der Waals surface area (Å²) in [5, 5.41) is 0.0768. The molecule has 6 nitrogen and oxygen atoms in total. The molecule has 0 aliphatic carbocycles. The highest BCUT2D eigenvalue weighted by atomic mass is 35.5. The largest absolute Gasteiger partial charge is 0.497 e. The summed E-state index contributed by atoms with van der Waals surface area (Å²) in [6.07, 6.45) is -1.01. The number of benzene rings is 3. The van der Waals surface area contributed by atoms with Gasteiger partial charge < -0.3 is 19.3 Å². The molecule has 36 heavy (non-hydrogen) atoms. The summed E-state index contributed by atoms with van der Waals surface area (Å²) in [4.78, 5) is 30.7. The van der Waals surface area contributed by atoms with Crippen LogP contribution in [0.25, 0.3) is 0 Å². The summed E-state index contributed by atoms with van der Waals surface area (Å²) in [6, 6.07) is 23.2. The second kappa shape index (κ2) is 11.8. The van der Waals surface area contributed by atoms with Crippen molar-refractivity contribution in [1.29, 1.82) is 0 Å². The molecule has 0 saturated heterocycles. The molecule has 3 aromatic carbocycles. The van der Waals surface area contributed by atoms with Crippen molar-refractivity contribution in [3.63, 3.8) is 0 Å². The Kier molecular flexibility index (Phi) is 8.56. The number of carbonyl (C=O) groups is 2. The number of carbonyl (C=O) groups excluding carboxylic acids is 2. The van der Waals surface area contributed by atoms with E-state index in [1.807, 2.05) is 67.7 Å². The van der Waals surface area contributed by atoms with Crippen LogP contribution in [0.3, 0.4) is 0 Å². The Morgan fingerprint density at radius 2 is 1.78 bits per heavy atom. The van der Waals surface area contributed by atoms with Crippen molar-refractivity contribution in [1.82, 2.24) is 4.90 Å². The predicted octanol–water partition coefficient (Wildman–Crippen LogP) is 5.59. The number of anilines is 1. The van der Waals surface area contributed by atoms with Crippen LogP contribution in [-0.4, -0.2) is 50.1 Å². The number of rotatable bonds is 8. The molecule has 0 unspecified atom stereocenters. The normalized spacial score (nSPS) is 17.5. The summed E-state index contributed by atoms with van der Waals surface area (Å²) >= 11 is 8.09. The summed E-state index contributed by atoms with van der Waals surface area (Å²) in [5.74, 6) is -0.0763.